The molecular weight excluding hydrogens is 388 g/mol. The van der Waals surface area contributed by atoms with E-state index in [1.54, 1.807) is 31.3 Å². The third-order valence-electron chi connectivity index (χ3n) is 4.94. The summed E-state index contributed by atoms with van der Waals surface area (Å²) in [6.07, 6.45) is 3.34. The zero-order chi connectivity index (χ0) is 20.4. The van der Waals surface area contributed by atoms with Crippen LogP contribution >= 0.6 is 11.8 Å². The first-order valence-electron chi connectivity index (χ1n) is 9.40. The van der Waals surface area contributed by atoms with Crippen LogP contribution in [-0.4, -0.2) is 32.6 Å². The Kier molecular flexibility index (Phi) is 5.44. The molecule has 0 bridgehead atoms. The van der Waals surface area contributed by atoms with Crippen molar-refractivity contribution in [2.75, 3.05) is 12.3 Å². The number of aryl methyl sites for hydroxylation is 1. The fourth-order valence-electron chi connectivity index (χ4n) is 3.47. The zero-order valence-corrected chi connectivity index (χ0v) is 17.1. The van der Waals surface area contributed by atoms with Gasteiger partial charge in [0.1, 0.15) is 17.3 Å². The first kappa shape index (κ1) is 19.3. The average Bonchev–Trinajstić information content (AvgIpc) is 3.36. The largest absolute Gasteiger partial charge is 0.468 e. The molecule has 3 aromatic heterocycles. The number of fused-ring (bicyclic) bond motifs is 3. The summed E-state index contributed by atoms with van der Waals surface area (Å²) in [6.45, 7) is 2.36. The van der Waals surface area contributed by atoms with Crippen molar-refractivity contribution in [2.24, 2.45) is 7.05 Å². The Balaban J connectivity index is 1.54. The molecule has 0 aliphatic rings. The van der Waals surface area contributed by atoms with Crippen LogP contribution in [0, 0.1) is 0 Å². The van der Waals surface area contributed by atoms with Gasteiger partial charge in [-0.05, 0) is 25.1 Å². The van der Waals surface area contributed by atoms with Crippen LogP contribution in [0.3, 0.4) is 0 Å². The standard InChI is InChI=1S/C21H22N4O3S/c1-14(20(26)22-9-11-29-13-15-6-5-10-28-15)25-18-8-4-3-7-16(18)17-12-23-24(2)21(27)19(17)25/h3-8,10,12,14H,9,11,13H2,1-2H3,(H,22,26)/t14-/m0/s1. The summed E-state index contributed by atoms with van der Waals surface area (Å²) in [5.74, 6) is 2.35. The molecule has 0 fully saturated rings. The molecule has 150 valence electrons. The Labute approximate surface area is 171 Å². The van der Waals surface area contributed by atoms with Crippen LogP contribution in [0.25, 0.3) is 21.8 Å². The van der Waals surface area contributed by atoms with Gasteiger partial charge < -0.3 is 14.3 Å². The van der Waals surface area contributed by atoms with Gasteiger partial charge in [-0.25, -0.2) is 4.68 Å². The molecule has 3 heterocycles. The van der Waals surface area contributed by atoms with E-state index in [0.717, 1.165) is 33.6 Å². The number of nitrogens with zero attached hydrogens (tertiary/aromatic N) is 3. The highest BCUT2D eigenvalue weighted by Gasteiger charge is 2.22. The fraction of sp³-hybridized carbons (Fsp3) is 0.286. The Bertz CT molecular complexity index is 1210. The van der Waals surface area contributed by atoms with Gasteiger partial charge in [-0.3, -0.25) is 9.59 Å². The predicted octanol–water partition coefficient (Wildman–Crippen LogP) is 3.09. The van der Waals surface area contributed by atoms with Gasteiger partial charge in [0.05, 0.1) is 23.7 Å². The average molecular weight is 410 g/mol. The quantitative estimate of drug-likeness (QED) is 0.474. The van der Waals surface area contributed by atoms with Crippen molar-refractivity contribution >= 4 is 39.5 Å². The summed E-state index contributed by atoms with van der Waals surface area (Å²) in [7, 11) is 1.62. The fourth-order valence-corrected chi connectivity index (χ4v) is 4.23. The number of aromatic nitrogens is 3. The lowest BCUT2D eigenvalue weighted by atomic mass is 10.2. The molecule has 0 aliphatic carbocycles. The summed E-state index contributed by atoms with van der Waals surface area (Å²) in [5, 5.41) is 8.80. The van der Waals surface area contributed by atoms with E-state index in [4.69, 9.17) is 4.42 Å². The van der Waals surface area contributed by atoms with Crippen LogP contribution in [0.5, 0.6) is 0 Å². The molecular formula is C21H22N4O3S. The minimum absolute atomic E-state index is 0.120. The summed E-state index contributed by atoms with van der Waals surface area (Å²) in [6, 6.07) is 11.0. The highest BCUT2D eigenvalue weighted by Crippen LogP contribution is 2.29. The number of nitrogens with one attached hydrogen (secondary N) is 1. The number of hydrogen-bond donors (Lipinski definition) is 1. The SMILES string of the molecule is C[C@@H](C(=O)NCCSCc1ccco1)n1c2ccccc2c2cnn(C)c(=O)c21. The number of thioether (sulfide) groups is 1. The minimum atomic E-state index is -0.525. The number of benzene rings is 1. The first-order valence-corrected chi connectivity index (χ1v) is 10.6. The van der Waals surface area contributed by atoms with E-state index < -0.39 is 6.04 Å². The third kappa shape index (κ3) is 3.67. The lowest BCUT2D eigenvalue weighted by Crippen LogP contribution is -2.33. The lowest BCUT2D eigenvalue weighted by molar-refractivity contribution is -0.123. The van der Waals surface area contributed by atoms with Crippen LogP contribution in [-0.2, 0) is 17.6 Å². The Hall–Kier alpha value is -3.00. The Morgan fingerprint density at radius 1 is 1.24 bits per heavy atom. The van der Waals surface area contributed by atoms with E-state index in [1.807, 2.05) is 47.9 Å². The number of rotatable bonds is 7. The van der Waals surface area contributed by atoms with Crippen molar-refractivity contribution in [3.63, 3.8) is 0 Å². The van der Waals surface area contributed by atoms with Gasteiger partial charge in [0, 0.05) is 30.1 Å². The molecule has 8 heteroatoms. The van der Waals surface area contributed by atoms with Crippen molar-refractivity contribution in [1.29, 1.82) is 0 Å². The van der Waals surface area contributed by atoms with Crippen molar-refractivity contribution in [3.05, 3.63) is 65.0 Å². The summed E-state index contributed by atoms with van der Waals surface area (Å²) < 4.78 is 8.42. The van der Waals surface area contributed by atoms with Crippen molar-refractivity contribution in [1.82, 2.24) is 19.7 Å². The molecule has 1 atom stereocenters. The van der Waals surface area contributed by atoms with Crippen molar-refractivity contribution in [3.8, 4) is 0 Å². The maximum Gasteiger partial charge on any atom is 0.291 e. The zero-order valence-electron chi connectivity index (χ0n) is 16.3. The smallest absolute Gasteiger partial charge is 0.291 e. The van der Waals surface area contributed by atoms with Gasteiger partial charge in [-0.2, -0.15) is 16.9 Å². The van der Waals surface area contributed by atoms with E-state index >= 15 is 0 Å². The molecule has 1 amide bonds. The Morgan fingerprint density at radius 3 is 2.86 bits per heavy atom. The van der Waals surface area contributed by atoms with Crippen LogP contribution in [0.1, 0.15) is 18.7 Å². The molecule has 0 saturated heterocycles. The molecule has 0 unspecified atom stereocenters. The second kappa shape index (κ2) is 8.16. The van der Waals surface area contributed by atoms with E-state index in [9.17, 15) is 9.59 Å². The molecule has 7 nitrogen and oxygen atoms in total. The number of para-hydroxylation sites is 1. The predicted molar refractivity (Wildman–Crippen MR) is 115 cm³/mol. The van der Waals surface area contributed by atoms with Crippen LogP contribution in [0.2, 0.25) is 0 Å². The van der Waals surface area contributed by atoms with E-state index in [1.165, 1.54) is 4.68 Å². The van der Waals surface area contributed by atoms with Gasteiger partial charge in [-0.15, -0.1) is 0 Å². The number of hydrogen-bond acceptors (Lipinski definition) is 5. The second-order valence-electron chi connectivity index (χ2n) is 6.82. The van der Waals surface area contributed by atoms with Gasteiger partial charge in [0.25, 0.3) is 5.56 Å². The van der Waals surface area contributed by atoms with Crippen LogP contribution in [0.4, 0.5) is 0 Å². The highest BCUT2D eigenvalue weighted by atomic mass is 32.2. The highest BCUT2D eigenvalue weighted by molar-refractivity contribution is 7.98. The molecule has 0 saturated carbocycles. The maximum absolute atomic E-state index is 12.8. The molecule has 1 aromatic carbocycles. The molecule has 1 N–H and O–H groups in total. The third-order valence-corrected chi connectivity index (χ3v) is 5.92. The van der Waals surface area contributed by atoms with E-state index in [0.29, 0.717) is 12.1 Å². The van der Waals surface area contributed by atoms with Crippen LogP contribution in [0.15, 0.2) is 58.1 Å². The molecule has 0 spiro atoms. The van der Waals surface area contributed by atoms with Crippen LogP contribution < -0.4 is 10.9 Å². The number of carbonyl (C=O) groups is 1. The van der Waals surface area contributed by atoms with Gasteiger partial charge >= 0.3 is 0 Å². The second-order valence-corrected chi connectivity index (χ2v) is 7.93. The van der Waals surface area contributed by atoms with Gasteiger partial charge in [0.2, 0.25) is 5.91 Å². The Morgan fingerprint density at radius 2 is 2.07 bits per heavy atom. The molecule has 4 aromatic rings. The maximum atomic E-state index is 12.8. The molecule has 0 aliphatic heterocycles. The van der Waals surface area contributed by atoms with Crippen molar-refractivity contribution < 1.29 is 9.21 Å². The minimum Gasteiger partial charge on any atom is -0.468 e. The van der Waals surface area contributed by atoms with Gasteiger partial charge in [-0.1, -0.05) is 18.2 Å². The van der Waals surface area contributed by atoms with E-state index in [2.05, 4.69) is 10.4 Å². The summed E-state index contributed by atoms with van der Waals surface area (Å²) in [5.41, 5.74) is 1.13. The molecule has 29 heavy (non-hydrogen) atoms. The first-order chi connectivity index (χ1) is 14.1. The number of amides is 1. The topological polar surface area (TPSA) is 82.1 Å². The summed E-state index contributed by atoms with van der Waals surface area (Å²) >= 11 is 1.69. The van der Waals surface area contributed by atoms with Gasteiger partial charge in [0.15, 0.2) is 0 Å². The van der Waals surface area contributed by atoms with Crippen molar-refractivity contribution in [2.45, 2.75) is 18.7 Å². The number of furan rings is 1. The summed E-state index contributed by atoms with van der Waals surface area (Å²) in [4.78, 5) is 25.6. The monoisotopic (exact) mass is 410 g/mol. The normalized spacial score (nSPS) is 12.5. The lowest BCUT2D eigenvalue weighted by Gasteiger charge is -2.16. The molecule has 4 rings (SSSR count). The molecule has 0 radical (unpaired) electrons. The van der Waals surface area contributed by atoms with E-state index in [-0.39, 0.29) is 11.5 Å². The number of carbonyl (C=O) groups excluding carboxylic acids is 1.